The van der Waals surface area contributed by atoms with Gasteiger partial charge >= 0.3 is 0 Å². The van der Waals surface area contributed by atoms with Crippen LogP contribution in [0, 0.1) is 0 Å². The third kappa shape index (κ3) is 1.45. The van der Waals surface area contributed by atoms with Crippen LogP contribution in [0.4, 0.5) is 0 Å². The molecule has 2 rings (SSSR count). The zero-order valence-corrected chi connectivity index (χ0v) is 9.43. The minimum absolute atomic E-state index is 0.657. The molecule has 0 atom stereocenters. The van der Waals surface area contributed by atoms with Crippen molar-refractivity contribution in [3.05, 3.63) is 33.1 Å². The van der Waals surface area contributed by atoms with Crippen LogP contribution >= 0.6 is 34.5 Å². The van der Waals surface area contributed by atoms with Gasteiger partial charge in [-0.25, -0.2) is 0 Å². The van der Waals surface area contributed by atoms with Crippen LogP contribution in [0.15, 0.2) is 17.5 Å². The van der Waals surface area contributed by atoms with E-state index < -0.39 is 0 Å². The minimum Gasteiger partial charge on any atom is -0.143 e. The molecule has 0 aliphatic heterocycles. The third-order valence-electron chi connectivity index (χ3n) is 2.08. The number of rotatable bonds is 1. The van der Waals surface area contributed by atoms with Crippen molar-refractivity contribution in [1.82, 2.24) is 0 Å². The van der Waals surface area contributed by atoms with Gasteiger partial charge < -0.3 is 0 Å². The minimum atomic E-state index is 0.657. The Kier molecular flexibility index (Phi) is 2.50. The van der Waals surface area contributed by atoms with E-state index in [2.05, 4.69) is 18.4 Å². The number of hydrogen-bond acceptors (Lipinski definition) is 1. The van der Waals surface area contributed by atoms with Gasteiger partial charge in [0.1, 0.15) is 0 Å². The quantitative estimate of drug-likeness (QED) is 0.663. The lowest BCUT2D eigenvalue weighted by Gasteiger charge is -2.04. The zero-order valence-electron chi connectivity index (χ0n) is 7.10. The van der Waals surface area contributed by atoms with E-state index in [9.17, 15) is 0 Å². The van der Waals surface area contributed by atoms with E-state index in [0.717, 1.165) is 6.42 Å². The van der Waals surface area contributed by atoms with Gasteiger partial charge in [-0.15, -0.1) is 11.3 Å². The van der Waals surface area contributed by atoms with Gasteiger partial charge in [0.2, 0.25) is 0 Å². The molecule has 1 aromatic heterocycles. The number of thiophene rings is 1. The average Bonchev–Trinajstić information content (AvgIpc) is 2.54. The molecule has 0 saturated carbocycles. The van der Waals surface area contributed by atoms with Gasteiger partial charge in [0, 0.05) is 4.70 Å². The molecule has 0 bridgehead atoms. The molecule has 1 heterocycles. The highest BCUT2D eigenvalue weighted by molar-refractivity contribution is 7.17. The topological polar surface area (TPSA) is 0 Å². The molecule has 0 N–H and O–H groups in total. The first-order valence-electron chi connectivity index (χ1n) is 4.08. The van der Waals surface area contributed by atoms with E-state index >= 15 is 0 Å². The summed E-state index contributed by atoms with van der Waals surface area (Å²) in [7, 11) is 0. The Bertz CT molecular complexity index is 445. The van der Waals surface area contributed by atoms with E-state index in [1.54, 1.807) is 11.3 Å². The molecule has 0 aliphatic carbocycles. The summed E-state index contributed by atoms with van der Waals surface area (Å²) in [6.07, 6.45) is 0.927. The molecule has 2 aromatic rings. The maximum atomic E-state index is 6.10. The Morgan fingerprint density at radius 1 is 1.38 bits per heavy atom. The highest BCUT2D eigenvalue weighted by atomic mass is 35.5. The smallest absolute Gasteiger partial charge is 0.0638 e. The molecule has 13 heavy (non-hydrogen) atoms. The summed E-state index contributed by atoms with van der Waals surface area (Å²) in [5, 5.41) is 4.62. The first-order chi connectivity index (χ1) is 6.24. The highest BCUT2D eigenvalue weighted by Crippen LogP contribution is 2.36. The van der Waals surface area contributed by atoms with Crippen molar-refractivity contribution in [2.75, 3.05) is 0 Å². The van der Waals surface area contributed by atoms with Crippen molar-refractivity contribution in [3.8, 4) is 0 Å². The molecular formula is C10H8Cl2S. The van der Waals surface area contributed by atoms with Gasteiger partial charge in [0.05, 0.1) is 10.0 Å². The molecule has 0 unspecified atom stereocenters. The van der Waals surface area contributed by atoms with Gasteiger partial charge in [-0.3, -0.25) is 0 Å². The Morgan fingerprint density at radius 2 is 2.15 bits per heavy atom. The van der Waals surface area contributed by atoms with E-state index in [-0.39, 0.29) is 0 Å². The predicted molar refractivity (Wildman–Crippen MR) is 61.2 cm³/mol. The number of aryl methyl sites for hydroxylation is 1. The predicted octanol–water partition coefficient (Wildman–Crippen LogP) is 4.77. The van der Waals surface area contributed by atoms with Crippen molar-refractivity contribution >= 4 is 44.6 Å². The van der Waals surface area contributed by atoms with Crippen LogP contribution in [0.3, 0.4) is 0 Å². The fourth-order valence-corrected chi connectivity index (χ4v) is 3.01. The lowest BCUT2D eigenvalue weighted by atomic mass is 10.1. The largest absolute Gasteiger partial charge is 0.143 e. The molecule has 0 spiro atoms. The average molecular weight is 231 g/mol. The molecule has 1 aromatic carbocycles. The highest BCUT2D eigenvalue weighted by Gasteiger charge is 2.09. The molecule has 0 fully saturated rings. The number of benzene rings is 1. The molecular weight excluding hydrogens is 223 g/mol. The van der Waals surface area contributed by atoms with Gasteiger partial charge in [-0.05, 0) is 34.9 Å². The normalized spacial score (nSPS) is 11.0. The Morgan fingerprint density at radius 3 is 2.85 bits per heavy atom. The van der Waals surface area contributed by atoms with Crippen LogP contribution in [-0.4, -0.2) is 0 Å². The lowest BCUT2D eigenvalue weighted by Crippen LogP contribution is -1.83. The van der Waals surface area contributed by atoms with Crippen molar-refractivity contribution in [3.63, 3.8) is 0 Å². The first kappa shape index (κ1) is 9.32. The second-order valence-electron chi connectivity index (χ2n) is 2.84. The number of hydrogen-bond donors (Lipinski definition) is 0. The van der Waals surface area contributed by atoms with Crippen LogP contribution in [-0.2, 0) is 6.42 Å². The summed E-state index contributed by atoms with van der Waals surface area (Å²) in [6, 6.07) is 4.00. The van der Waals surface area contributed by atoms with Gasteiger partial charge in [-0.2, -0.15) is 0 Å². The Balaban J connectivity index is 2.87. The summed E-state index contributed by atoms with van der Waals surface area (Å²) in [5.41, 5.74) is 1.17. The standard InChI is InChI=1S/C10H8Cl2S/c1-2-7-9(12)8(11)5-6-3-4-13-10(6)7/h3-5H,2H2,1H3. The van der Waals surface area contributed by atoms with Crippen LogP contribution in [0.1, 0.15) is 12.5 Å². The molecule has 0 nitrogen and oxygen atoms in total. The van der Waals surface area contributed by atoms with Crippen molar-refractivity contribution in [1.29, 1.82) is 0 Å². The molecule has 0 amide bonds. The Hall–Kier alpha value is -0.240. The van der Waals surface area contributed by atoms with Crippen LogP contribution < -0.4 is 0 Å². The molecule has 0 saturated heterocycles. The van der Waals surface area contributed by atoms with Crippen molar-refractivity contribution in [2.24, 2.45) is 0 Å². The summed E-state index contributed by atoms with van der Waals surface area (Å²) in [6.45, 7) is 2.09. The second-order valence-corrected chi connectivity index (χ2v) is 4.54. The van der Waals surface area contributed by atoms with E-state index in [1.807, 2.05) is 6.07 Å². The van der Waals surface area contributed by atoms with E-state index in [0.29, 0.717) is 10.0 Å². The number of fused-ring (bicyclic) bond motifs is 1. The second kappa shape index (κ2) is 3.49. The molecule has 3 heteroatoms. The monoisotopic (exact) mass is 230 g/mol. The third-order valence-corrected chi connectivity index (χ3v) is 3.90. The van der Waals surface area contributed by atoms with Crippen molar-refractivity contribution in [2.45, 2.75) is 13.3 Å². The van der Waals surface area contributed by atoms with Gasteiger partial charge in [0.25, 0.3) is 0 Å². The number of halogens is 2. The van der Waals surface area contributed by atoms with Crippen LogP contribution in [0.25, 0.3) is 10.1 Å². The van der Waals surface area contributed by atoms with E-state index in [4.69, 9.17) is 23.2 Å². The zero-order chi connectivity index (χ0) is 9.42. The summed E-state index contributed by atoms with van der Waals surface area (Å²) >= 11 is 13.8. The van der Waals surface area contributed by atoms with Gasteiger partial charge in [-0.1, -0.05) is 30.1 Å². The Labute approximate surface area is 91.1 Å². The maximum Gasteiger partial charge on any atom is 0.0638 e. The summed E-state index contributed by atoms with van der Waals surface area (Å²) in [5.74, 6) is 0. The molecule has 0 aliphatic rings. The molecule has 68 valence electrons. The maximum absolute atomic E-state index is 6.10. The SMILES string of the molecule is CCc1c(Cl)c(Cl)cc2ccsc12. The van der Waals surface area contributed by atoms with Crippen LogP contribution in [0.5, 0.6) is 0 Å². The summed E-state index contributed by atoms with van der Waals surface area (Å²) < 4.78 is 1.26. The van der Waals surface area contributed by atoms with Crippen molar-refractivity contribution < 1.29 is 0 Å². The molecule has 0 radical (unpaired) electrons. The summed E-state index contributed by atoms with van der Waals surface area (Å²) in [4.78, 5) is 0. The fraction of sp³-hybridized carbons (Fsp3) is 0.200. The van der Waals surface area contributed by atoms with Gasteiger partial charge in [0.15, 0.2) is 0 Å². The fourth-order valence-electron chi connectivity index (χ4n) is 1.44. The lowest BCUT2D eigenvalue weighted by molar-refractivity contribution is 1.16. The van der Waals surface area contributed by atoms with E-state index in [1.165, 1.54) is 15.6 Å². The first-order valence-corrected chi connectivity index (χ1v) is 5.71. The van der Waals surface area contributed by atoms with Crippen LogP contribution in [0.2, 0.25) is 10.0 Å².